The fraction of sp³-hybridized carbons (Fsp3) is 0.692. The third kappa shape index (κ3) is 2.72. The standard InChI is InChI=1S/C13H21N3O2/c1-3-4-13(5-7-14-8-6-13)11(17)16-12-15-10(2)9-18-12/h9,14H,3-8H2,1-2H3,(H,15,16,17). The third-order valence-corrected chi connectivity index (χ3v) is 3.61. The van der Waals surface area contributed by atoms with E-state index in [1.807, 2.05) is 6.92 Å². The van der Waals surface area contributed by atoms with Crippen molar-refractivity contribution in [1.29, 1.82) is 0 Å². The lowest BCUT2D eigenvalue weighted by molar-refractivity contribution is -0.127. The Morgan fingerprint density at radius 1 is 1.56 bits per heavy atom. The van der Waals surface area contributed by atoms with Gasteiger partial charge in [0.2, 0.25) is 5.91 Å². The Morgan fingerprint density at radius 2 is 2.28 bits per heavy atom. The number of piperidine rings is 1. The second-order valence-corrected chi connectivity index (χ2v) is 5.03. The summed E-state index contributed by atoms with van der Waals surface area (Å²) < 4.78 is 5.19. The van der Waals surface area contributed by atoms with E-state index in [1.54, 1.807) is 6.26 Å². The average Bonchev–Trinajstić information content (AvgIpc) is 2.76. The van der Waals surface area contributed by atoms with Crippen LogP contribution in [0, 0.1) is 12.3 Å². The maximum Gasteiger partial charge on any atom is 0.301 e. The molecular formula is C13H21N3O2. The number of aryl methyl sites for hydroxylation is 1. The highest BCUT2D eigenvalue weighted by Gasteiger charge is 2.39. The highest BCUT2D eigenvalue weighted by molar-refractivity contribution is 5.93. The molecule has 5 nitrogen and oxygen atoms in total. The van der Waals surface area contributed by atoms with Crippen molar-refractivity contribution in [3.63, 3.8) is 0 Å². The molecule has 2 heterocycles. The van der Waals surface area contributed by atoms with Crippen molar-refractivity contribution >= 4 is 11.9 Å². The van der Waals surface area contributed by atoms with Crippen LogP contribution < -0.4 is 10.6 Å². The van der Waals surface area contributed by atoms with Crippen molar-refractivity contribution in [1.82, 2.24) is 10.3 Å². The number of carbonyl (C=O) groups is 1. The van der Waals surface area contributed by atoms with Crippen molar-refractivity contribution in [2.24, 2.45) is 5.41 Å². The zero-order valence-corrected chi connectivity index (χ0v) is 11.1. The summed E-state index contributed by atoms with van der Waals surface area (Å²) in [5.74, 6) is 0.0488. The molecule has 2 rings (SSSR count). The van der Waals surface area contributed by atoms with Gasteiger partial charge in [-0.25, -0.2) is 0 Å². The third-order valence-electron chi connectivity index (χ3n) is 3.61. The summed E-state index contributed by atoms with van der Waals surface area (Å²) in [6.07, 6.45) is 5.24. The van der Waals surface area contributed by atoms with Crippen LogP contribution in [-0.4, -0.2) is 24.0 Å². The summed E-state index contributed by atoms with van der Waals surface area (Å²) >= 11 is 0. The zero-order valence-electron chi connectivity index (χ0n) is 11.1. The van der Waals surface area contributed by atoms with E-state index in [0.717, 1.165) is 44.5 Å². The predicted octanol–water partition coefficient (Wildman–Crippen LogP) is 2.09. The number of aromatic nitrogens is 1. The largest absolute Gasteiger partial charge is 0.432 e. The van der Waals surface area contributed by atoms with E-state index >= 15 is 0 Å². The Bertz CT molecular complexity index is 403. The van der Waals surface area contributed by atoms with Crippen LogP contribution in [0.2, 0.25) is 0 Å². The summed E-state index contributed by atoms with van der Waals surface area (Å²) in [5, 5.41) is 6.12. The molecule has 1 amide bonds. The Kier molecular flexibility index (Phi) is 4.01. The van der Waals surface area contributed by atoms with Gasteiger partial charge in [0, 0.05) is 0 Å². The van der Waals surface area contributed by atoms with Crippen LogP contribution in [0.3, 0.4) is 0 Å². The van der Waals surface area contributed by atoms with Gasteiger partial charge in [-0.3, -0.25) is 10.1 Å². The summed E-state index contributed by atoms with van der Waals surface area (Å²) in [7, 11) is 0. The highest BCUT2D eigenvalue weighted by atomic mass is 16.4. The number of carbonyl (C=O) groups excluding carboxylic acids is 1. The minimum Gasteiger partial charge on any atom is -0.432 e. The van der Waals surface area contributed by atoms with Crippen LogP contribution in [0.4, 0.5) is 6.01 Å². The molecule has 5 heteroatoms. The molecule has 18 heavy (non-hydrogen) atoms. The van der Waals surface area contributed by atoms with Crippen LogP contribution in [-0.2, 0) is 4.79 Å². The molecule has 0 bridgehead atoms. The Labute approximate surface area is 107 Å². The normalized spacial score (nSPS) is 18.6. The number of rotatable bonds is 4. The second kappa shape index (κ2) is 5.52. The van der Waals surface area contributed by atoms with Crippen LogP contribution in [0.25, 0.3) is 0 Å². The molecule has 1 fully saturated rings. The molecule has 2 N–H and O–H groups in total. The van der Waals surface area contributed by atoms with Crippen molar-refractivity contribution < 1.29 is 9.21 Å². The topological polar surface area (TPSA) is 67.2 Å². The van der Waals surface area contributed by atoms with E-state index < -0.39 is 0 Å². The van der Waals surface area contributed by atoms with Crippen molar-refractivity contribution in [3.05, 3.63) is 12.0 Å². The van der Waals surface area contributed by atoms with Gasteiger partial charge in [-0.1, -0.05) is 13.3 Å². The van der Waals surface area contributed by atoms with E-state index in [2.05, 4.69) is 22.5 Å². The van der Waals surface area contributed by atoms with Crippen LogP contribution in [0.15, 0.2) is 10.7 Å². The van der Waals surface area contributed by atoms with Gasteiger partial charge in [-0.2, -0.15) is 4.98 Å². The molecular weight excluding hydrogens is 230 g/mol. The summed E-state index contributed by atoms with van der Waals surface area (Å²) in [5.41, 5.74) is 0.516. The number of nitrogens with zero attached hydrogens (tertiary/aromatic N) is 1. The first-order chi connectivity index (χ1) is 8.66. The summed E-state index contributed by atoms with van der Waals surface area (Å²) in [6, 6.07) is 0.312. The molecule has 0 radical (unpaired) electrons. The van der Waals surface area contributed by atoms with Gasteiger partial charge in [-0.05, 0) is 39.3 Å². The second-order valence-electron chi connectivity index (χ2n) is 5.03. The number of hydrogen-bond acceptors (Lipinski definition) is 4. The van der Waals surface area contributed by atoms with Crippen molar-refractivity contribution in [2.45, 2.75) is 39.5 Å². The number of hydrogen-bond donors (Lipinski definition) is 2. The molecule has 1 aliphatic heterocycles. The summed E-state index contributed by atoms with van der Waals surface area (Å²) in [6.45, 7) is 5.76. The van der Waals surface area contributed by atoms with E-state index in [4.69, 9.17) is 4.42 Å². The Hall–Kier alpha value is -1.36. The molecule has 0 atom stereocenters. The van der Waals surface area contributed by atoms with Gasteiger partial charge in [0.25, 0.3) is 0 Å². The van der Waals surface area contributed by atoms with Crippen molar-refractivity contribution in [2.75, 3.05) is 18.4 Å². The van der Waals surface area contributed by atoms with Crippen LogP contribution in [0.1, 0.15) is 38.3 Å². The lowest BCUT2D eigenvalue weighted by Crippen LogP contribution is -2.44. The van der Waals surface area contributed by atoms with Gasteiger partial charge in [0.15, 0.2) is 0 Å². The summed E-state index contributed by atoms with van der Waals surface area (Å²) in [4.78, 5) is 16.6. The molecule has 1 saturated heterocycles. The molecule has 0 spiro atoms. The number of amides is 1. The highest BCUT2D eigenvalue weighted by Crippen LogP contribution is 2.35. The zero-order chi connectivity index (χ0) is 13.0. The minimum absolute atomic E-state index is 0.0488. The monoisotopic (exact) mass is 251 g/mol. The first-order valence-corrected chi connectivity index (χ1v) is 6.60. The molecule has 1 aromatic rings. The van der Waals surface area contributed by atoms with E-state index in [1.165, 1.54) is 0 Å². The van der Waals surface area contributed by atoms with Gasteiger partial charge < -0.3 is 9.73 Å². The van der Waals surface area contributed by atoms with Crippen LogP contribution in [0.5, 0.6) is 0 Å². The molecule has 100 valence electrons. The predicted molar refractivity (Wildman–Crippen MR) is 69.3 cm³/mol. The minimum atomic E-state index is -0.262. The molecule has 0 saturated carbocycles. The maximum atomic E-state index is 12.4. The molecule has 0 aliphatic carbocycles. The Morgan fingerprint density at radius 3 is 2.83 bits per heavy atom. The molecule has 1 aliphatic rings. The lowest BCUT2D eigenvalue weighted by atomic mass is 9.74. The fourth-order valence-corrected chi connectivity index (χ4v) is 2.62. The number of oxazole rings is 1. The Balaban J connectivity index is 2.08. The molecule has 0 aromatic carbocycles. The average molecular weight is 251 g/mol. The van der Waals surface area contributed by atoms with Crippen LogP contribution >= 0.6 is 0 Å². The fourth-order valence-electron chi connectivity index (χ4n) is 2.62. The number of nitrogens with one attached hydrogen (secondary N) is 2. The SMILES string of the molecule is CCCC1(C(=O)Nc2nc(C)co2)CCNCC1. The van der Waals surface area contributed by atoms with E-state index in [9.17, 15) is 4.79 Å². The first kappa shape index (κ1) is 13.1. The quantitative estimate of drug-likeness (QED) is 0.860. The molecule has 1 aromatic heterocycles. The molecule has 0 unspecified atom stereocenters. The maximum absolute atomic E-state index is 12.4. The van der Waals surface area contributed by atoms with E-state index in [-0.39, 0.29) is 11.3 Å². The first-order valence-electron chi connectivity index (χ1n) is 6.60. The van der Waals surface area contributed by atoms with Gasteiger partial charge in [0.1, 0.15) is 6.26 Å². The van der Waals surface area contributed by atoms with E-state index in [0.29, 0.717) is 6.01 Å². The lowest BCUT2D eigenvalue weighted by Gasteiger charge is -2.35. The van der Waals surface area contributed by atoms with Gasteiger partial charge >= 0.3 is 6.01 Å². The number of anilines is 1. The van der Waals surface area contributed by atoms with Gasteiger partial charge in [0.05, 0.1) is 11.1 Å². The van der Waals surface area contributed by atoms with Crippen molar-refractivity contribution in [3.8, 4) is 0 Å². The van der Waals surface area contributed by atoms with Gasteiger partial charge in [-0.15, -0.1) is 0 Å². The smallest absolute Gasteiger partial charge is 0.301 e.